The van der Waals surface area contributed by atoms with Crippen molar-refractivity contribution in [1.82, 2.24) is 24.5 Å². The second kappa shape index (κ2) is 7.14. The number of carbonyl (C=O) groups is 2. The molecular weight excluding hydrogens is 348 g/mol. The third-order valence-corrected chi connectivity index (χ3v) is 3.48. The molecule has 3 rings (SSSR count). The maximum Gasteiger partial charge on any atom is 0.338 e. The van der Waals surface area contributed by atoms with Gasteiger partial charge in [-0.2, -0.15) is 5.10 Å². The molecule has 0 atom stereocenters. The molecule has 1 aromatic carbocycles. The topological polar surface area (TPSA) is 115 Å². The van der Waals surface area contributed by atoms with E-state index in [-0.39, 0.29) is 18.1 Å². The van der Waals surface area contributed by atoms with Crippen molar-refractivity contribution in [3.05, 3.63) is 59.1 Å². The summed E-state index contributed by atoms with van der Waals surface area (Å²) in [6.45, 7) is 0.347. The molecule has 10 heteroatoms. The molecule has 0 radical (unpaired) electrons. The highest BCUT2D eigenvalue weighted by atomic mass is 35.5. The fourth-order valence-electron chi connectivity index (χ4n) is 2.08. The first-order valence-electron chi connectivity index (χ1n) is 7.19. The lowest BCUT2D eigenvalue weighted by atomic mass is 10.2. The summed E-state index contributed by atoms with van der Waals surface area (Å²) in [5.74, 6) is -1.36. The summed E-state index contributed by atoms with van der Waals surface area (Å²) in [6.07, 6.45) is 3.95. The van der Waals surface area contributed by atoms with Crippen molar-refractivity contribution < 1.29 is 14.7 Å². The summed E-state index contributed by atoms with van der Waals surface area (Å²) in [4.78, 5) is 26.7. The Morgan fingerprint density at radius 2 is 1.96 bits per heavy atom. The molecule has 0 unspecified atom stereocenters. The fourth-order valence-corrected chi connectivity index (χ4v) is 2.20. The molecule has 128 valence electrons. The van der Waals surface area contributed by atoms with E-state index in [4.69, 9.17) is 16.7 Å². The SMILES string of the molecule is O=C(Cn1cc(C(=O)O)cn1)Nc1ncn(Cc2ccc(Cl)cc2)n1. The first-order valence-corrected chi connectivity index (χ1v) is 7.57. The van der Waals surface area contributed by atoms with Crippen LogP contribution < -0.4 is 5.32 Å². The Labute approximate surface area is 146 Å². The Morgan fingerprint density at radius 3 is 2.64 bits per heavy atom. The van der Waals surface area contributed by atoms with Gasteiger partial charge in [-0.25, -0.2) is 14.5 Å². The van der Waals surface area contributed by atoms with Crippen LogP contribution in [0.3, 0.4) is 0 Å². The van der Waals surface area contributed by atoms with E-state index in [9.17, 15) is 9.59 Å². The largest absolute Gasteiger partial charge is 0.478 e. The highest BCUT2D eigenvalue weighted by Gasteiger charge is 2.11. The van der Waals surface area contributed by atoms with E-state index in [1.54, 1.807) is 16.8 Å². The van der Waals surface area contributed by atoms with Crippen molar-refractivity contribution in [3.8, 4) is 0 Å². The van der Waals surface area contributed by atoms with Crippen molar-refractivity contribution in [2.24, 2.45) is 0 Å². The van der Waals surface area contributed by atoms with Crippen LogP contribution in [0.2, 0.25) is 5.02 Å². The second-order valence-electron chi connectivity index (χ2n) is 5.17. The summed E-state index contributed by atoms with van der Waals surface area (Å²) in [7, 11) is 0. The van der Waals surface area contributed by atoms with Crippen LogP contribution in [0.15, 0.2) is 43.0 Å². The number of carboxylic acids is 1. The van der Waals surface area contributed by atoms with Crippen molar-refractivity contribution in [2.75, 3.05) is 5.32 Å². The molecule has 0 aliphatic rings. The van der Waals surface area contributed by atoms with E-state index in [0.29, 0.717) is 11.6 Å². The number of aromatic nitrogens is 5. The van der Waals surface area contributed by atoms with Crippen LogP contribution >= 0.6 is 11.6 Å². The van der Waals surface area contributed by atoms with E-state index in [0.717, 1.165) is 5.56 Å². The Bertz CT molecular complexity index is 902. The van der Waals surface area contributed by atoms with E-state index in [2.05, 4.69) is 20.5 Å². The summed E-state index contributed by atoms with van der Waals surface area (Å²) in [5.41, 5.74) is 1.00. The number of rotatable bonds is 6. The third-order valence-electron chi connectivity index (χ3n) is 3.23. The van der Waals surface area contributed by atoms with Gasteiger partial charge in [-0.05, 0) is 17.7 Å². The fraction of sp³-hybridized carbons (Fsp3) is 0.133. The van der Waals surface area contributed by atoms with E-state index >= 15 is 0 Å². The number of hydrogen-bond acceptors (Lipinski definition) is 5. The zero-order valence-corrected chi connectivity index (χ0v) is 13.6. The lowest BCUT2D eigenvalue weighted by Crippen LogP contribution is -2.20. The van der Waals surface area contributed by atoms with Gasteiger partial charge in [0.25, 0.3) is 0 Å². The smallest absolute Gasteiger partial charge is 0.338 e. The standard InChI is InChI=1S/C15H13ClN6O3/c16-12-3-1-10(2-4-12)6-22-9-17-15(20-22)19-13(23)8-21-7-11(5-18-21)14(24)25/h1-5,7,9H,6,8H2,(H,24,25)(H,19,20,23). The van der Waals surface area contributed by atoms with Gasteiger partial charge in [-0.15, -0.1) is 5.10 Å². The summed E-state index contributed by atoms with van der Waals surface area (Å²) in [5, 5.41) is 20.0. The number of benzene rings is 1. The van der Waals surface area contributed by atoms with Crippen molar-refractivity contribution >= 4 is 29.4 Å². The number of aromatic carboxylic acids is 1. The van der Waals surface area contributed by atoms with Crippen LogP contribution in [0.4, 0.5) is 5.95 Å². The molecule has 0 saturated heterocycles. The van der Waals surface area contributed by atoms with Crippen LogP contribution in [0, 0.1) is 0 Å². The van der Waals surface area contributed by atoms with Crippen molar-refractivity contribution in [2.45, 2.75) is 13.1 Å². The van der Waals surface area contributed by atoms with Gasteiger partial charge in [0.1, 0.15) is 12.9 Å². The van der Waals surface area contributed by atoms with Gasteiger partial charge in [0.15, 0.2) is 0 Å². The monoisotopic (exact) mass is 360 g/mol. The highest BCUT2D eigenvalue weighted by Crippen LogP contribution is 2.10. The number of carboxylic acid groups (broad SMARTS) is 1. The molecule has 0 aliphatic carbocycles. The molecule has 3 aromatic rings. The Hall–Kier alpha value is -3.20. The van der Waals surface area contributed by atoms with Crippen LogP contribution in [-0.2, 0) is 17.9 Å². The van der Waals surface area contributed by atoms with Gasteiger partial charge < -0.3 is 5.11 Å². The summed E-state index contributed by atoms with van der Waals surface area (Å²) in [6, 6.07) is 7.32. The minimum Gasteiger partial charge on any atom is -0.478 e. The lowest BCUT2D eigenvalue weighted by molar-refractivity contribution is -0.117. The number of hydrogen-bond donors (Lipinski definition) is 2. The molecule has 0 aliphatic heterocycles. The van der Waals surface area contributed by atoms with Crippen molar-refractivity contribution in [3.63, 3.8) is 0 Å². The number of nitrogens with zero attached hydrogens (tertiary/aromatic N) is 5. The molecule has 2 N–H and O–H groups in total. The molecule has 0 fully saturated rings. The molecule has 2 heterocycles. The second-order valence-corrected chi connectivity index (χ2v) is 5.61. The molecule has 2 aromatic heterocycles. The Morgan fingerprint density at radius 1 is 1.20 bits per heavy atom. The van der Waals surface area contributed by atoms with Gasteiger partial charge in [-0.1, -0.05) is 23.7 Å². The normalized spacial score (nSPS) is 10.6. The zero-order chi connectivity index (χ0) is 17.8. The molecular formula is C15H13ClN6O3. The van der Waals surface area contributed by atoms with Crippen LogP contribution in [-0.4, -0.2) is 41.5 Å². The van der Waals surface area contributed by atoms with Gasteiger partial charge in [-0.3, -0.25) is 14.8 Å². The predicted molar refractivity (Wildman–Crippen MR) is 88.4 cm³/mol. The number of halogens is 1. The third kappa shape index (κ3) is 4.42. The highest BCUT2D eigenvalue weighted by molar-refractivity contribution is 6.30. The minimum atomic E-state index is -1.10. The molecule has 0 saturated carbocycles. The Balaban J connectivity index is 1.57. The van der Waals surface area contributed by atoms with Crippen molar-refractivity contribution in [1.29, 1.82) is 0 Å². The summed E-state index contributed by atoms with van der Waals surface area (Å²) >= 11 is 5.84. The van der Waals surface area contributed by atoms with Crippen LogP contribution in [0.25, 0.3) is 0 Å². The maximum absolute atomic E-state index is 11.9. The lowest BCUT2D eigenvalue weighted by Gasteiger charge is -2.02. The first kappa shape index (κ1) is 16.7. The van der Waals surface area contributed by atoms with Gasteiger partial charge in [0.2, 0.25) is 11.9 Å². The zero-order valence-electron chi connectivity index (χ0n) is 12.8. The molecule has 0 bridgehead atoms. The van der Waals surface area contributed by atoms with Gasteiger partial charge in [0, 0.05) is 11.2 Å². The Kier molecular flexibility index (Phi) is 4.75. The minimum absolute atomic E-state index is 0.0122. The molecule has 0 spiro atoms. The van der Waals surface area contributed by atoms with E-state index < -0.39 is 11.9 Å². The number of anilines is 1. The van der Waals surface area contributed by atoms with Crippen LogP contribution in [0.1, 0.15) is 15.9 Å². The summed E-state index contributed by atoms with van der Waals surface area (Å²) < 4.78 is 2.80. The van der Waals surface area contributed by atoms with Crippen LogP contribution in [0.5, 0.6) is 0 Å². The van der Waals surface area contributed by atoms with Gasteiger partial charge >= 0.3 is 5.97 Å². The average Bonchev–Trinajstić information content (AvgIpc) is 3.19. The van der Waals surface area contributed by atoms with E-state index in [1.807, 2.05) is 12.1 Å². The molecule has 25 heavy (non-hydrogen) atoms. The molecule has 9 nitrogen and oxygen atoms in total. The molecule has 1 amide bonds. The average molecular weight is 361 g/mol. The number of carbonyl (C=O) groups excluding carboxylic acids is 1. The first-order chi connectivity index (χ1) is 12.0. The maximum atomic E-state index is 11.9. The predicted octanol–water partition coefficient (Wildman–Crippen LogP) is 1.51. The number of amides is 1. The van der Waals surface area contributed by atoms with Gasteiger partial charge in [0.05, 0.1) is 18.3 Å². The number of nitrogens with one attached hydrogen (secondary N) is 1. The van der Waals surface area contributed by atoms with E-state index in [1.165, 1.54) is 23.4 Å². The quantitative estimate of drug-likeness (QED) is 0.688.